The fourth-order valence-corrected chi connectivity index (χ4v) is 3.99. The molecule has 28 heavy (non-hydrogen) atoms. The van der Waals surface area contributed by atoms with Crippen molar-refractivity contribution in [2.24, 2.45) is 0 Å². The van der Waals surface area contributed by atoms with Crippen LogP contribution in [0, 0.1) is 0 Å². The molecule has 0 spiro atoms. The van der Waals surface area contributed by atoms with Crippen LogP contribution < -0.4 is 9.64 Å². The van der Waals surface area contributed by atoms with E-state index >= 15 is 0 Å². The Labute approximate surface area is 162 Å². The molecule has 2 amide bonds. The van der Waals surface area contributed by atoms with Gasteiger partial charge in [-0.3, -0.25) is 19.6 Å². The quantitative estimate of drug-likeness (QED) is 0.872. The Kier molecular flexibility index (Phi) is 4.26. The molecule has 3 heterocycles. The summed E-state index contributed by atoms with van der Waals surface area (Å²) in [7, 11) is 0. The number of nitrogens with one attached hydrogen (secondary N) is 1. The Morgan fingerprint density at radius 2 is 2.07 bits per heavy atom. The topological polar surface area (TPSA) is 91.4 Å². The number of para-hydroxylation sites is 2. The van der Waals surface area contributed by atoms with Gasteiger partial charge in [-0.25, -0.2) is 4.98 Å². The largest absolute Gasteiger partial charge is 0.482 e. The van der Waals surface area contributed by atoms with Crippen LogP contribution >= 0.6 is 0 Å². The lowest BCUT2D eigenvalue weighted by Crippen LogP contribution is -2.48. The molecule has 2 aliphatic heterocycles. The minimum atomic E-state index is -0.191. The van der Waals surface area contributed by atoms with Gasteiger partial charge in [0.25, 0.3) is 5.91 Å². The van der Waals surface area contributed by atoms with E-state index < -0.39 is 0 Å². The van der Waals surface area contributed by atoms with Crippen LogP contribution in [-0.2, 0) is 9.59 Å². The number of H-pyrrole nitrogens is 1. The van der Waals surface area contributed by atoms with Gasteiger partial charge in [-0.2, -0.15) is 5.10 Å². The van der Waals surface area contributed by atoms with E-state index in [1.165, 1.54) is 17.7 Å². The second-order valence-electron chi connectivity index (χ2n) is 7.77. The molecular weight excluding hydrogens is 358 g/mol. The molecule has 146 valence electrons. The molecule has 2 fully saturated rings. The highest BCUT2D eigenvalue weighted by Crippen LogP contribution is 2.38. The highest BCUT2D eigenvalue weighted by molar-refractivity contribution is 6.02. The smallest absolute Gasteiger partial charge is 0.265 e. The number of aromatic amines is 1. The van der Waals surface area contributed by atoms with Gasteiger partial charge in [-0.05, 0) is 37.8 Å². The predicted octanol–water partition coefficient (Wildman–Crippen LogP) is 1.81. The third-order valence-electron chi connectivity index (χ3n) is 5.72. The second-order valence-corrected chi connectivity index (χ2v) is 7.77. The Balaban J connectivity index is 1.28. The number of rotatable bonds is 4. The maximum absolute atomic E-state index is 13.0. The summed E-state index contributed by atoms with van der Waals surface area (Å²) >= 11 is 0. The standard InChI is InChI=1S/C20H23N5O3/c26-17(11-25-15-5-1-2-6-16(15)28-12-18(25)27)24-9-3-4-14(10-24)20-21-19(22-23-20)13-7-8-13/h1-2,5-6,13-14H,3-4,7-12H2,(H,21,22,23). The van der Waals surface area contributed by atoms with Gasteiger partial charge in [0.05, 0.1) is 5.69 Å². The number of nitrogens with zero attached hydrogens (tertiary/aromatic N) is 4. The lowest BCUT2D eigenvalue weighted by atomic mass is 9.97. The minimum Gasteiger partial charge on any atom is -0.482 e. The van der Waals surface area contributed by atoms with Crippen LogP contribution in [0.1, 0.15) is 49.2 Å². The number of hydrogen-bond donors (Lipinski definition) is 1. The SMILES string of the molecule is O=C(CN1C(=O)COc2ccccc21)N1CCCC(c2n[nH]c(C3CC3)n2)C1. The van der Waals surface area contributed by atoms with Crippen molar-refractivity contribution < 1.29 is 14.3 Å². The number of carbonyl (C=O) groups is 2. The van der Waals surface area contributed by atoms with Crippen LogP contribution in [-0.4, -0.2) is 58.1 Å². The van der Waals surface area contributed by atoms with Crippen LogP contribution in [0.25, 0.3) is 0 Å². The molecule has 2 aromatic rings. The number of amides is 2. The van der Waals surface area contributed by atoms with Crippen molar-refractivity contribution >= 4 is 17.5 Å². The van der Waals surface area contributed by atoms with E-state index in [0.717, 1.165) is 24.5 Å². The van der Waals surface area contributed by atoms with Crippen molar-refractivity contribution in [1.29, 1.82) is 0 Å². The van der Waals surface area contributed by atoms with Crippen molar-refractivity contribution in [2.75, 3.05) is 31.1 Å². The van der Waals surface area contributed by atoms with Crippen LogP contribution in [0.5, 0.6) is 5.75 Å². The molecule has 1 aromatic carbocycles. The molecule has 1 atom stereocenters. The van der Waals surface area contributed by atoms with Gasteiger partial charge in [-0.15, -0.1) is 0 Å². The second kappa shape index (κ2) is 6.92. The molecule has 0 radical (unpaired) electrons. The van der Waals surface area contributed by atoms with E-state index in [1.807, 2.05) is 29.2 Å². The van der Waals surface area contributed by atoms with Gasteiger partial charge < -0.3 is 9.64 Å². The molecule has 1 N–H and O–H groups in total. The number of aromatic nitrogens is 3. The van der Waals surface area contributed by atoms with E-state index in [0.29, 0.717) is 30.4 Å². The van der Waals surface area contributed by atoms with Crippen LogP contribution in [0.4, 0.5) is 5.69 Å². The number of likely N-dealkylation sites (tertiary alicyclic amines) is 1. The molecule has 5 rings (SSSR count). The molecule has 1 unspecified atom stereocenters. The summed E-state index contributed by atoms with van der Waals surface area (Å²) in [6.45, 7) is 1.30. The fourth-order valence-electron chi connectivity index (χ4n) is 3.99. The minimum absolute atomic E-state index is 0.0337. The Hall–Kier alpha value is -2.90. The zero-order valence-corrected chi connectivity index (χ0v) is 15.6. The van der Waals surface area contributed by atoms with Gasteiger partial charge in [0.2, 0.25) is 5.91 Å². The van der Waals surface area contributed by atoms with Gasteiger partial charge in [0.1, 0.15) is 18.1 Å². The predicted molar refractivity (Wildman–Crippen MR) is 101 cm³/mol. The maximum atomic E-state index is 13.0. The molecular formula is C20H23N5O3. The summed E-state index contributed by atoms with van der Waals surface area (Å²) in [5.74, 6) is 2.88. The number of carbonyl (C=O) groups excluding carboxylic acids is 2. The maximum Gasteiger partial charge on any atom is 0.265 e. The van der Waals surface area contributed by atoms with Gasteiger partial charge >= 0.3 is 0 Å². The molecule has 8 heteroatoms. The highest BCUT2D eigenvalue weighted by Gasteiger charge is 2.33. The number of piperidine rings is 1. The lowest BCUT2D eigenvalue weighted by molar-refractivity contribution is -0.133. The number of anilines is 1. The third kappa shape index (κ3) is 3.23. The molecule has 0 bridgehead atoms. The van der Waals surface area contributed by atoms with Crippen LogP contribution in [0.3, 0.4) is 0 Å². The number of benzene rings is 1. The summed E-state index contributed by atoms with van der Waals surface area (Å²) in [6, 6.07) is 7.33. The summed E-state index contributed by atoms with van der Waals surface area (Å²) in [6.07, 6.45) is 4.25. The Morgan fingerprint density at radius 1 is 1.21 bits per heavy atom. The average Bonchev–Trinajstić information content (AvgIpc) is 3.46. The summed E-state index contributed by atoms with van der Waals surface area (Å²) in [5.41, 5.74) is 0.656. The summed E-state index contributed by atoms with van der Waals surface area (Å²) in [4.78, 5) is 33.3. The molecule has 1 aromatic heterocycles. The van der Waals surface area contributed by atoms with Gasteiger partial charge in [0, 0.05) is 24.9 Å². The van der Waals surface area contributed by atoms with Crippen molar-refractivity contribution in [1.82, 2.24) is 20.1 Å². The monoisotopic (exact) mass is 381 g/mol. The van der Waals surface area contributed by atoms with Crippen molar-refractivity contribution in [2.45, 2.75) is 37.5 Å². The molecule has 1 aliphatic carbocycles. The number of fused-ring (bicyclic) bond motifs is 1. The first-order valence-electron chi connectivity index (χ1n) is 9.91. The first-order valence-corrected chi connectivity index (χ1v) is 9.91. The zero-order chi connectivity index (χ0) is 19.1. The van der Waals surface area contributed by atoms with E-state index in [-0.39, 0.29) is 30.9 Å². The molecule has 8 nitrogen and oxygen atoms in total. The number of ether oxygens (including phenoxy) is 1. The van der Waals surface area contributed by atoms with E-state index in [2.05, 4.69) is 15.2 Å². The summed E-state index contributed by atoms with van der Waals surface area (Å²) < 4.78 is 5.46. The van der Waals surface area contributed by atoms with Crippen LogP contribution in [0.15, 0.2) is 24.3 Å². The van der Waals surface area contributed by atoms with E-state index in [9.17, 15) is 9.59 Å². The van der Waals surface area contributed by atoms with Gasteiger partial charge in [-0.1, -0.05) is 12.1 Å². The van der Waals surface area contributed by atoms with Crippen molar-refractivity contribution in [3.8, 4) is 5.75 Å². The average molecular weight is 381 g/mol. The van der Waals surface area contributed by atoms with Crippen molar-refractivity contribution in [3.05, 3.63) is 35.9 Å². The molecule has 1 saturated heterocycles. The van der Waals surface area contributed by atoms with Crippen LogP contribution in [0.2, 0.25) is 0 Å². The fraction of sp³-hybridized carbons (Fsp3) is 0.500. The van der Waals surface area contributed by atoms with E-state index in [4.69, 9.17) is 4.74 Å². The Morgan fingerprint density at radius 3 is 2.93 bits per heavy atom. The Bertz CT molecular complexity index is 907. The lowest BCUT2D eigenvalue weighted by Gasteiger charge is -2.34. The van der Waals surface area contributed by atoms with Crippen molar-refractivity contribution in [3.63, 3.8) is 0 Å². The first kappa shape index (κ1) is 17.2. The highest BCUT2D eigenvalue weighted by atomic mass is 16.5. The molecule has 1 saturated carbocycles. The summed E-state index contributed by atoms with van der Waals surface area (Å²) in [5, 5.41) is 7.46. The van der Waals surface area contributed by atoms with E-state index in [1.54, 1.807) is 0 Å². The normalized spacial score (nSPS) is 22.0. The third-order valence-corrected chi connectivity index (χ3v) is 5.72. The first-order chi connectivity index (χ1) is 13.7. The molecule has 3 aliphatic rings. The number of hydrogen-bond acceptors (Lipinski definition) is 5. The van der Waals surface area contributed by atoms with Gasteiger partial charge in [0.15, 0.2) is 12.4 Å². The zero-order valence-electron chi connectivity index (χ0n) is 15.6.